The molecule has 0 aliphatic carbocycles. The Morgan fingerprint density at radius 1 is 0.610 bits per heavy atom. The highest BCUT2D eigenvalue weighted by Gasteiger charge is 2.52. The molecule has 0 spiro atoms. The van der Waals surface area contributed by atoms with Crippen LogP contribution in [0.15, 0.2) is 0 Å². The first-order chi connectivity index (χ1) is 19.3. The van der Waals surface area contributed by atoms with E-state index in [1.807, 2.05) is 0 Å². The highest BCUT2D eigenvalue weighted by Crippen LogP contribution is 2.32. The highest BCUT2D eigenvalue weighted by molar-refractivity contribution is 4.94. The fourth-order valence-corrected chi connectivity index (χ4v) is 4.81. The molecule has 3 fully saturated rings. The standard InChI is InChI=1S/C23H42O18/c1-6-11(28)14(31)16(33)21(36-6)38-9(4-25)13(30)19(8(27)3-24)40-23-18(35)20(10(5-26)39-23)41-22-17(34)15(32)12(29)7(2)37-22/h6-35H,3-5H2,1-2H3/t6-,7-,8+,9-,10+,11+,12+,13+,14+,15+,16-,17-,18+,19-,20+,21-,22-,23-/m0/s1. The average Bonchev–Trinajstić information content (AvgIpc) is 3.26. The minimum absolute atomic E-state index is 0.757. The van der Waals surface area contributed by atoms with Crippen molar-refractivity contribution in [2.24, 2.45) is 0 Å². The van der Waals surface area contributed by atoms with Gasteiger partial charge in [0.15, 0.2) is 18.9 Å². The minimum atomic E-state index is -2.00. The van der Waals surface area contributed by atoms with Gasteiger partial charge in [0.1, 0.15) is 79.4 Å². The SMILES string of the molecule is C[C@@H]1O[C@@H](O[C@H]2[C@@H](O)[C@H](O[C@H]([C@H](O)[C@H](CO)O[C@@H]3O[C@@H](C)[C@@H](O)[C@@H](O)[C@@H]3O)[C@H](O)CO)O[C@@H]2CO)[C@@H](O)[C@H](O)[C@@H]1O. The van der Waals surface area contributed by atoms with Gasteiger partial charge in [-0.25, -0.2) is 0 Å². The molecule has 41 heavy (non-hydrogen) atoms. The van der Waals surface area contributed by atoms with E-state index in [4.69, 9.17) is 28.4 Å². The molecule has 18 atom stereocenters. The van der Waals surface area contributed by atoms with Crippen molar-refractivity contribution in [2.45, 2.75) is 124 Å². The lowest BCUT2D eigenvalue weighted by Gasteiger charge is -2.41. The molecule has 0 unspecified atom stereocenters. The Hall–Kier alpha value is -0.720. The van der Waals surface area contributed by atoms with Gasteiger partial charge >= 0.3 is 0 Å². The van der Waals surface area contributed by atoms with Crippen molar-refractivity contribution in [1.82, 2.24) is 0 Å². The normalized spacial score (nSPS) is 46.7. The molecule has 0 amide bonds. The second kappa shape index (κ2) is 14.8. The summed E-state index contributed by atoms with van der Waals surface area (Å²) in [5, 5.41) is 122. The van der Waals surface area contributed by atoms with Crippen LogP contribution in [0.1, 0.15) is 13.8 Å². The number of hydrogen-bond acceptors (Lipinski definition) is 18. The number of aliphatic hydroxyl groups excluding tert-OH is 12. The molecule has 3 rings (SSSR count). The number of rotatable bonds is 12. The smallest absolute Gasteiger partial charge is 0.187 e. The summed E-state index contributed by atoms with van der Waals surface area (Å²) in [6.07, 6.45) is -28.7. The molecule has 3 saturated heterocycles. The summed E-state index contributed by atoms with van der Waals surface area (Å²) in [7, 11) is 0. The summed E-state index contributed by atoms with van der Waals surface area (Å²) in [5.41, 5.74) is 0. The summed E-state index contributed by atoms with van der Waals surface area (Å²) >= 11 is 0. The lowest BCUT2D eigenvalue weighted by atomic mass is 9.99. The molecule has 3 aliphatic heterocycles. The van der Waals surface area contributed by atoms with E-state index in [0.717, 1.165) is 0 Å². The predicted molar refractivity (Wildman–Crippen MR) is 127 cm³/mol. The van der Waals surface area contributed by atoms with Crippen molar-refractivity contribution < 1.29 is 89.7 Å². The second-order valence-corrected chi connectivity index (χ2v) is 10.4. The molecule has 18 heteroatoms. The van der Waals surface area contributed by atoms with E-state index in [2.05, 4.69) is 0 Å². The van der Waals surface area contributed by atoms with Crippen molar-refractivity contribution >= 4 is 0 Å². The molecule has 0 aromatic carbocycles. The molecule has 12 N–H and O–H groups in total. The van der Waals surface area contributed by atoms with Crippen molar-refractivity contribution in [3.8, 4) is 0 Å². The molecule has 3 aliphatic rings. The molecule has 0 bridgehead atoms. The topological polar surface area (TPSA) is 298 Å². The maximum absolute atomic E-state index is 10.9. The zero-order valence-electron chi connectivity index (χ0n) is 22.3. The fourth-order valence-electron chi connectivity index (χ4n) is 4.81. The molecular formula is C23H42O18. The van der Waals surface area contributed by atoms with Gasteiger partial charge in [-0.2, -0.15) is 0 Å². The van der Waals surface area contributed by atoms with Crippen LogP contribution in [0.3, 0.4) is 0 Å². The van der Waals surface area contributed by atoms with E-state index in [-0.39, 0.29) is 0 Å². The number of hydrogen-bond donors (Lipinski definition) is 12. The Kier molecular flexibility index (Phi) is 12.6. The third-order valence-electron chi connectivity index (χ3n) is 7.44. The Morgan fingerprint density at radius 3 is 1.63 bits per heavy atom. The number of ether oxygens (including phenoxy) is 6. The molecule has 0 aromatic heterocycles. The van der Waals surface area contributed by atoms with Crippen LogP contribution in [0.5, 0.6) is 0 Å². The third kappa shape index (κ3) is 7.51. The second-order valence-electron chi connectivity index (χ2n) is 10.4. The third-order valence-corrected chi connectivity index (χ3v) is 7.44. The predicted octanol–water partition coefficient (Wildman–Crippen LogP) is -7.42. The van der Waals surface area contributed by atoms with Crippen LogP contribution >= 0.6 is 0 Å². The first kappa shape index (κ1) is 34.8. The Balaban J connectivity index is 1.72. The van der Waals surface area contributed by atoms with Crippen LogP contribution in [-0.2, 0) is 28.4 Å². The molecule has 242 valence electrons. The van der Waals surface area contributed by atoms with E-state index < -0.39 is 130 Å². The Morgan fingerprint density at radius 2 is 1.12 bits per heavy atom. The van der Waals surface area contributed by atoms with Crippen molar-refractivity contribution in [1.29, 1.82) is 0 Å². The van der Waals surface area contributed by atoms with Crippen LogP contribution in [0, 0.1) is 0 Å². The highest BCUT2D eigenvalue weighted by atomic mass is 16.8. The zero-order valence-corrected chi connectivity index (χ0v) is 22.3. The summed E-state index contributed by atoms with van der Waals surface area (Å²) in [6.45, 7) is 0.0675. The zero-order chi connectivity index (χ0) is 30.8. The van der Waals surface area contributed by atoms with Gasteiger partial charge in [0.05, 0.1) is 32.0 Å². The van der Waals surface area contributed by atoms with Gasteiger partial charge in [0.2, 0.25) is 0 Å². The lowest BCUT2D eigenvalue weighted by molar-refractivity contribution is -0.321. The van der Waals surface area contributed by atoms with Crippen molar-refractivity contribution in [3.05, 3.63) is 0 Å². The molecule has 3 heterocycles. The molecule has 0 radical (unpaired) electrons. The van der Waals surface area contributed by atoms with E-state index in [1.165, 1.54) is 13.8 Å². The lowest BCUT2D eigenvalue weighted by Crippen LogP contribution is -2.60. The van der Waals surface area contributed by atoms with Gasteiger partial charge in [-0.3, -0.25) is 0 Å². The Bertz CT molecular complexity index is 794. The molecule has 0 aromatic rings. The van der Waals surface area contributed by atoms with Crippen LogP contribution in [0.25, 0.3) is 0 Å². The van der Waals surface area contributed by atoms with E-state index in [0.29, 0.717) is 0 Å². The first-order valence-electron chi connectivity index (χ1n) is 13.1. The quantitative estimate of drug-likeness (QED) is 0.0981. The molecular weight excluding hydrogens is 564 g/mol. The van der Waals surface area contributed by atoms with Crippen LogP contribution in [-0.4, -0.2) is 192 Å². The Labute approximate surface area is 234 Å². The first-order valence-corrected chi connectivity index (χ1v) is 13.1. The maximum Gasteiger partial charge on any atom is 0.187 e. The molecule has 0 saturated carbocycles. The van der Waals surface area contributed by atoms with Crippen molar-refractivity contribution in [2.75, 3.05) is 19.8 Å². The summed E-state index contributed by atoms with van der Waals surface area (Å²) in [5.74, 6) is 0. The monoisotopic (exact) mass is 606 g/mol. The maximum atomic E-state index is 10.9. The minimum Gasteiger partial charge on any atom is -0.394 e. The summed E-state index contributed by atoms with van der Waals surface area (Å²) < 4.78 is 32.6. The van der Waals surface area contributed by atoms with Gasteiger partial charge in [-0.05, 0) is 13.8 Å². The van der Waals surface area contributed by atoms with E-state index >= 15 is 0 Å². The van der Waals surface area contributed by atoms with E-state index in [1.54, 1.807) is 0 Å². The fraction of sp³-hybridized carbons (Fsp3) is 1.00. The van der Waals surface area contributed by atoms with Crippen molar-refractivity contribution in [3.63, 3.8) is 0 Å². The van der Waals surface area contributed by atoms with Crippen LogP contribution in [0.4, 0.5) is 0 Å². The van der Waals surface area contributed by atoms with Gasteiger partial charge < -0.3 is 89.7 Å². The molecule has 18 nitrogen and oxygen atoms in total. The number of aliphatic hydroxyl groups is 12. The van der Waals surface area contributed by atoms with Crippen LogP contribution in [0.2, 0.25) is 0 Å². The van der Waals surface area contributed by atoms with Crippen LogP contribution < -0.4 is 0 Å². The van der Waals surface area contributed by atoms with Gasteiger partial charge in [-0.1, -0.05) is 0 Å². The average molecular weight is 607 g/mol. The van der Waals surface area contributed by atoms with Gasteiger partial charge in [0.25, 0.3) is 0 Å². The largest absolute Gasteiger partial charge is 0.394 e. The van der Waals surface area contributed by atoms with E-state index in [9.17, 15) is 61.3 Å². The summed E-state index contributed by atoms with van der Waals surface area (Å²) in [6, 6.07) is 0. The van der Waals surface area contributed by atoms with Gasteiger partial charge in [0, 0.05) is 0 Å². The summed E-state index contributed by atoms with van der Waals surface area (Å²) in [4.78, 5) is 0. The van der Waals surface area contributed by atoms with Gasteiger partial charge in [-0.15, -0.1) is 0 Å².